The van der Waals surface area contributed by atoms with Gasteiger partial charge < -0.3 is 5.32 Å². The molecule has 0 aliphatic heterocycles. The van der Waals surface area contributed by atoms with Crippen LogP contribution in [0.15, 0.2) is 42.5 Å². The number of nitrogens with one attached hydrogen (secondary N) is 1. The van der Waals surface area contributed by atoms with Crippen LogP contribution in [0.2, 0.25) is 0 Å². The molecule has 0 aliphatic rings. The molecule has 0 saturated carbocycles. The average molecular weight is 380 g/mol. The minimum Gasteiger partial charge on any atom is -0.325 e. The van der Waals surface area contributed by atoms with Crippen LogP contribution >= 0.6 is 22.6 Å². The summed E-state index contributed by atoms with van der Waals surface area (Å²) in [7, 11) is 0. The summed E-state index contributed by atoms with van der Waals surface area (Å²) in [4.78, 5) is 11.9. The van der Waals surface area contributed by atoms with E-state index in [2.05, 4.69) is 5.32 Å². The van der Waals surface area contributed by atoms with E-state index in [1.54, 1.807) is 24.3 Å². The van der Waals surface area contributed by atoms with Gasteiger partial charge in [0, 0.05) is 3.57 Å². The maximum Gasteiger partial charge on any atom is 0.228 e. The van der Waals surface area contributed by atoms with Crippen LogP contribution in [0, 0.1) is 20.7 Å². The van der Waals surface area contributed by atoms with Crippen molar-refractivity contribution in [3.05, 3.63) is 63.0 Å². The number of halogens is 2. The molecular formula is C15H10FIN2O. The summed E-state index contributed by atoms with van der Waals surface area (Å²) in [6.45, 7) is 0. The van der Waals surface area contributed by atoms with Gasteiger partial charge in [-0.2, -0.15) is 5.26 Å². The standard InChI is InChI=1S/C15H10FIN2O/c16-12-5-6-14(13(17)8-12)19-15(20)7-10-1-3-11(9-18)4-2-10/h1-6,8H,7H2,(H,19,20). The number of amides is 1. The Kier molecular flexibility index (Phi) is 4.69. The molecule has 100 valence electrons. The molecule has 20 heavy (non-hydrogen) atoms. The van der Waals surface area contributed by atoms with Crippen molar-refractivity contribution >= 4 is 34.2 Å². The first-order valence-corrected chi connectivity index (χ1v) is 6.90. The van der Waals surface area contributed by atoms with Crippen LogP contribution < -0.4 is 5.32 Å². The third-order valence-electron chi connectivity index (χ3n) is 2.65. The van der Waals surface area contributed by atoms with Gasteiger partial charge in [-0.3, -0.25) is 4.79 Å². The van der Waals surface area contributed by atoms with Crippen molar-refractivity contribution in [2.75, 3.05) is 5.32 Å². The van der Waals surface area contributed by atoms with Gasteiger partial charge in [0.05, 0.1) is 23.7 Å². The van der Waals surface area contributed by atoms with Gasteiger partial charge in [0.25, 0.3) is 0 Å². The van der Waals surface area contributed by atoms with Gasteiger partial charge in [0.1, 0.15) is 5.82 Å². The molecule has 0 saturated heterocycles. The smallest absolute Gasteiger partial charge is 0.228 e. The molecule has 0 bridgehead atoms. The maximum atomic E-state index is 13.0. The Morgan fingerprint density at radius 1 is 1.25 bits per heavy atom. The largest absolute Gasteiger partial charge is 0.325 e. The summed E-state index contributed by atoms with van der Waals surface area (Å²) >= 11 is 1.97. The highest BCUT2D eigenvalue weighted by Crippen LogP contribution is 2.19. The van der Waals surface area contributed by atoms with Crippen molar-refractivity contribution in [1.29, 1.82) is 5.26 Å². The predicted octanol–water partition coefficient (Wildman–Crippen LogP) is 3.48. The number of carbonyl (C=O) groups excluding carboxylic acids is 1. The molecule has 0 aromatic heterocycles. The monoisotopic (exact) mass is 380 g/mol. The molecule has 0 spiro atoms. The molecule has 0 fully saturated rings. The molecule has 2 aromatic carbocycles. The first kappa shape index (κ1) is 14.5. The number of carbonyl (C=O) groups is 1. The Labute approximate surface area is 129 Å². The zero-order chi connectivity index (χ0) is 14.5. The van der Waals surface area contributed by atoms with Crippen LogP contribution in [0.25, 0.3) is 0 Å². The molecule has 2 aromatic rings. The summed E-state index contributed by atoms with van der Waals surface area (Å²) in [5.41, 5.74) is 1.96. The lowest BCUT2D eigenvalue weighted by Crippen LogP contribution is -2.15. The number of benzene rings is 2. The Balaban J connectivity index is 2.03. The molecule has 0 aliphatic carbocycles. The lowest BCUT2D eigenvalue weighted by atomic mass is 10.1. The summed E-state index contributed by atoms with van der Waals surface area (Å²) in [5.74, 6) is -0.515. The van der Waals surface area contributed by atoms with Gasteiger partial charge in [0.2, 0.25) is 5.91 Å². The Morgan fingerprint density at radius 3 is 2.55 bits per heavy atom. The molecule has 0 heterocycles. The van der Waals surface area contributed by atoms with Gasteiger partial charge in [-0.05, 0) is 58.5 Å². The second kappa shape index (κ2) is 6.48. The van der Waals surface area contributed by atoms with Crippen molar-refractivity contribution in [3.8, 4) is 6.07 Å². The molecular weight excluding hydrogens is 370 g/mol. The normalized spacial score (nSPS) is 9.85. The SMILES string of the molecule is N#Cc1ccc(CC(=O)Nc2ccc(F)cc2I)cc1. The molecule has 1 N–H and O–H groups in total. The fourth-order valence-electron chi connectivity index (χ4n) is 1.67. The zero-order valence-electron chi connectivity index (χ0n) is 10.4. The van der Waals surface area contributed by atoms with E-state index < -0.39 is 0 Å². The molecule has 3 nitrogen and oxygen atoms in total. The summed E-state index contributed by atoms with van der Waals surface area (Å²) < 4.78 is 13.6. The van der Waals surface area contributed by atoms with E-state index in [4.69, 9.17) is 5.26 Å². The highest BCUT2D eigenvalue weighted by Gasteiger charge is 2.07. The Hall–Kier alpha value is -1.94. The van der Waals surface area contributed by atoms with Gasteiger partial charge in [-0.1, -0.05) is 12.1 Å². The van der Waals surface area contributed by atoms with Crippen LogP contribution in [0.3, 0.4) is 0 Å². The highest BCUT2D eigenvalue weighted by atomic mass is 127. The van der Waals surface area contributed by atoms with Crippen molar-refractivity contribution in [2.24, 2.45) is 0 Å². The zero-order valence-corrected chi connectivity index (χ0v) is 12.5. The highest BCUT2D eigenvalue weighted by molar-refractivity contribution is 14.1. The Morgan fingerprint density at radius 2 is 1.95 bits per heavy atom. The van der Waals surface area contributed by atoms with Gasteiger partial charge in [0.15, 0.2) is 0 Å². The quantitative estimate of drug-likeness (QED) is 0.830. The molecule has 0 unspecified atom stereocenters. The van der Waals surface area contributed by atoms with E-state index >= 15 is 0 Å². The van der Waals surface area contributed by atoms with Crippen LogP contribution in [-0.4, -0.2) is 5.91 Å². The lowest BCUT2D eigenvalue weighted by Gasteiger charge is -2.07. The number of anilines is 1. The number of hydrogen-bond donors (Lipinski definition) is 1. The molecule has 5 heteroatoms. The first-order valence-electron chi connectivity index (χ1n) is 5.82. The maximum absolute atomic E-state index is 13.0. The van der Waals surface area contributed by atoms with Crippen molar-refractivity contribution in [2.45, 2.75) is 6.42 Å². The van der Waals surface area contributed by atoms with Crippen LogP contribution in [0.1, 0.15) is 11.1 Å². The van der Waals surface area contributed by atoms with Gasteiger partial charge >= 0.3 is 0 Å². The van der Waals surface area contributed by atoms with E-state index in [0.717, 1.165) is 5.56 Å². The minimum absolute atomic E-state index is 0.181. The predicted molar refractivity (Wildman–Crippen MR) is 82.6 cm³/mol. The topological polar surface area (TPSA) is 52.9 Å². The molecule has 0 atom stereocenters. The number of nitriles is 1. The van der Waals surface area contributed by atoms with Crippen LogP contribution in [-0.2, 0) is 11.2 Å². The molecule has 1 amide bonds. The minimum atomic E-state index is -0.334. The summed E-state index contributed by atoms with van der Waals surface area (Å²) in [6.07, 6.45) is 0.208. The van der Waals surface area contributed by atoms with E-state index in [-0.39, 0.29) is 18.1 Å². The van der Waals surface area contributed by atoms with E-state index in [9.17, 15) is 9.18 Å². The van der Waals surface area contributed by atoms with E-state index in [0.29, 0.717) is 14.8 Å². The second-order valence-corrected chi connectivity index (χ2v) is 5.32. The van der Waals surface area contributed by atoms with Crippen LogP contribution in [0.5, 0.6) is 0 Å². The lowest BCUT2D eigenvalue weighted by molar-refractivity contribution is -0.115. The fourth-order valence-corrected chi connectivity index (χ4v) is 2.28. The third-order valence-corrected chi connectivity index (χ3v) is 3.55. The number of nitrogens with zero attached hydrogens (tertiary/aromatic N) is 1. The number of hydrogen-bond acceptors (Lipinski definition) is 2. The summed E-state index contributed by atoms with van der Waals surface area (Å²) in [5, 5.41) is 11.4. The fraction of sp³-hybridized carbons (Fsp3) is 0.0667. The van der Waals surface area contributed by atoms with Crippen molar-refractivity contribution < 1.29 is 9.18 Å². The molecule has 0 radical (unpaired) electrons. The van der Waals surface area contributed by atoms with E-state index in [1.165, 1.54) is 18.2 Å². The third kappa shape index (κ3) is 3.78. The summed E-state index contributed by atoms with van der Waals surface area (Å²) in [6, 6.07) is 13.1. The Bertz CT molecular complexity index is 677. The molecule has 2 rings (SSSR count). The van der Waals surface area contributed by atoms with Crippen molar-refractivity contribution in [3.63, 3.8) is 0 Å². The first-order chi connectivity index (χ1) is 9.58. The van der Waals surface area contributed by atoms with Gasteiger partial charge in [-0.25, -0.2) is 4.39 Å². The van der Waals surface area contributed by atoms with E-state index in [1.807, 2.05) is 28.7 Å². The van der Waals surface area contributed by atoms with Gasteiger partial charge in [-0.15, -0.1) is 0 Å². The van der Waals surface area contributed by atoms with Crippen molar-refractivity contribution in [1.82, 2.24) is 0 Å². The second-order valence-electron chi connectivity index (χ2n) is 4.16. The van der Waals surface area contributed by atoms with Crippen LogP contribution in [0.4, 0.5) is 10.1 Å². The number of rotatable bonds is 3. The average Bonchev–Trinajstić information content (AvgIpc) is 2.43.